The Morgan fingerprint density at radius 1 is 1.18 bits per heavy atom. The molecule has 1 N–H and O–H groups in total. The van der Waals surface area contributed by atoms with Crippen molar-refractivity contribution in [3.8, 4) is 0 Å². The fourth-order valence-electron chi connectivity index (χ4n) is 4.80. The van der Waals surface area contributed by atoms with E-state index in [1.54, 1.807) is 24.5 Å². The van der Waals surface area contributed by atoms with Crippen molar-refractivity contribution >= 4 is 11.8 Å². The molecular formula is C22H27N3O3. The Bertz CT molecular complexity index is 840. The summed E-state index contributed by atoms with van der Waals surface area (Å²) in [6.45, 7) is 3.41. The molecule has 1 saturated heterocycles. The van der Waals surface area contributed by atoms with Crippen LogP contribution in [0.15, 0.2) is 41.1 Å². The molecule has 2 amide bonds. The molecule has 2 fully saturated rings. The molecule has 1 aliphatic heterocycles. The largest absolute Gasteiger partial charge is 0.465 e. The second kappa shape index (κ2) is 7.78. The minimum absolute atomic E-state index is 0.00990. The fraction of sp³-hybridized carbons (Fsp3) is 0.500. The van der Waals surface area contributed by atoms with Gasteiger partial charge in [-0.2, -0.15) is 0 Å². The number of amides is 2. The Kier molecular flexibility index (Phi) is 5.20. The van der Waals surface area contributed by atoms with Gasteiger partial charge in [-0.05, 0) is 44.0 Å². The molecule has 0 aromatic carbocycles. The minimum Gasteiger partial charge on any atom is -0.465 e. The highest BCUT2D eigenvalue weighted by atomic mass is 16.3. The van der Waals surface area contributed by atoms with Gasteiger partial charge in [0.15, 0.2) is 0 Å². The molecule has 2 aromatic rings. The van der Waals surface area contributed by atoms with E-state index in [1.165, 1.54) is 6.42 Å². The van der Waals surface area contributed by atoms with Crippen molar-refractivity contribution in [2.45, 2.75) is 45.6 Å². The SMILES string of the molecule is Cc1ccc(CNC(=O)C2CN(C(=O)c3ccncc3)CC23CCCCC3)o1. The summed E-state index contributed by atoms with van der Waals surface area (Å²) in [7, 11) is 0. The van der Waals surface area contributed by atoms with Gasteiger partial charge in [-0.15, -0.1) is 0 Å². The monoisotopic (exact) mass is 381 g/mol. The highest BCUT2D eigenvalue weighted by Gasteiger charge is 2.51. The first kappa shape index (κ1) is 18.7. The van der Waals surface area contributed by atoms with E-state index in [0.717, 1.165) is 37.2 Å². The van der Waals surface area contributed by atoms with Crippen LogP contribution in [0.5, 0.6) is 0 Å². The lowest BCUT2D eigenvalue weighted by molar-refractivity contribution is -0.128. The number of hydrogen-bond donors (Lipinski definition) is 1. The van der Waals surface area contributed by atoms with Crippen LogP contribution in [0, 0.1) is 18.3 Å². The Labute approximate surface area is 165 Å². The number of rotatable bonds is 4. The van der Waals surface area contributed by atoms with Crippen LogP contribution in [0.25, 0.3) is 0 Å². The first-order chi connectivity index (χ1) is 13.6. The van der Waals surface area contributed by atoms with E-state index in [0.29, 0.717) is 25.2 Å². The van der Waals surface area contributed by atoms with Crippen LogP contribution in [0.1, 0.15) is 54.0 Å². The third-order valence-corrected chi connectivity index (χ3v) is 6.26. The quantitative estimate of drug-likeness (QED) is 0.881. The number of aryl methyl sites for hydroxylation is 1. The molecule has 0 radical (unpaired) electrons. The number of carbonyl (C=O) groups excluding carboxylic acids is 2. The molecule has 148 valence electrons. The summed E-state index contributed by atoms with van der Waals surface area (Å²) in [5.41, 5.74) is 0.525. The van der Waals surface area contributed by atoms with E-state index >= 15 is 0 Å². The summed E-state index contributed by atoms with van der Waals surface area (Å²) in [4.78, 5) is 31.9. The van der Waals surface area contributed by atoms with Gasteiger partial charge >= 0.3 is 0 Å². The van der Waals surface area contributed by atoms with Crippen LogP contribution in [-0.2, 0) is 11.3 Å². The molecule has 2 aliphatic rings. The molecule has 6 heteroatoms. The average Bonchev–Trinajstić information content (AvgIpc) is 3.30. The van der Waals surface area contributed by atoms with Crippen molar-refractivity contribution in [1.82, 2.24) is 15.2 Å². The Morgan fingerprint density at radius 3 is 2.61 bits per heavy atom. The van der Waals surface area contributed by atoms with Crippen LogP contribution < -0.4 is 5.32 Å². The molecule has 1 atom stereocenters. The van der Waals surface area contributed by atoms with Gasteiger partial charge in [0.1, 0.15) is 11.5 Å². The number of furan rings is 1. The van der Waals surface area contributed by atoms with Crippen molar-refractivity contribution in [2.75, 3.05) is 13.1 Å². The number of pyridine rings is 1. The number of likely N-dealkylation sites (tertiary alicyclic amines) is 1. The van der Waals surface area contributed by atoms with Crippen molar-refractivity contribution in [1.29, 1.82) is 0 Å². The minimum atomic E-state index is -0.172. The topological polar surface area (TPSA) is 75.4 Å². The van der Waals surface area contributed by atoms with Crippen molar-refractivity contribution in [2.24, 2.45) is 11.3 Å². The highest BCUT2D eigenvalue weighted by Crippen LogP contribution is 2.48. The van der Waals surface area contributed by atoms with Crippen LogP contribution in [-0.4, -0.2) is 34.8 Å². The number of hydrogen-bond acceptors (Lipinski definition) is 4. The zero-order chi connectivity index (χ0) is 19.6. The highest BCUT2D eigenvalue weighted by molar-refractivity contribution is 5.95. The molecule has 1 unspecified atom stereocenters. The van der Waals surface area contributed by atoms with Gasteiger partial charge in [0, 0.05) is 36.5 Å². The predicted octanol–water partition coefficient (Wildman–Crippen LogP) is 3.32. The maximum absolute atomic E-state index is 13.1. The molecule has 4 rings (SSSR count). The first-order valence-electron chi connectivity index (χ1n) is 10.1. The van der Waals surface area contributed by atoms with Crippen LogP contribution >= 0.6 is 0 Å². The number of aromatic nitrogens is 1. The van der Waals surface area contributed by atoms with Gasteiger partial charge in [0.05, 0.1) is 12.5 Å². The zero-order valence-electron chi connectivity index (χ0n) is 16.3. The second-order valence-electron chi connectivity index (χ2n) is 8.13. The van der Waals surface area contributed by atoms with Crippen LogP contribution in [0.3, 0.4) is 0 Å². The summed E-state index contributed by atoms with van der Waals surface area (Å²) < 4.78 is 5.57. The lowest BCUT2D eigenvalue weighted by Gasteiger charge is -2.37. The molecule has 0 bridgehead atoms. The maximum Gasteiger partial charge on any atom is 0.254 e. The van der Waals surface area contributed by atoms with Gasteiger partial charge in [0.25, 0.3) is 5.91 Å². The maximum atomic E-state index is 13.1. The molecule has 6 nitrogen and oxygen atoms in total. The predicted molar refractivity (Wildman–Crippen MR) is 104 cm³/mol. The zero-order valence-corrected chi connectivity index (χ0v) is 16.3. The summed E-state index contributed by atoms with van der Waals surface area (Å²) in [5, 5.41) is 3.04. The third kappa shape index (κ3) is 3.68. The molecular weight excluding hydrogens is 354 g/mol. The number of nitrogens with zero attached hydrogens (tertiary/aromatic N) is 2. The summed E-state index contributed by atoms with van der Waals surface area (Å²) in [6, 6.07) is 7.26. The van der Waals surface area contributed by atoms with E-state index in [2.05, 4.69) is 10.3 Å². The lowest BCUT2D eigenvalue weighted by Crippen LogP contribution is -2.42. The van der Waals surface area contributed by atoms with E-state index < -0.39 is 0 Å². The standard InChI is InChI=1S/C22H27N3O3/c1-16-5-6-18(28-16)13-24-20(26)19-14-25(15-22(19)9-3-2-4-10-22)21(27)17-7-11-23-12-8-17/h5-8,11-12,19H,2-4,9-10,13-15H2,1H3,(H,24,26). The molecule has 1 aliphatic carbocycles. The van der Waals surface area contributed by atoms with Crippen LogP contribution in [0.4, 0.5) is 0 Å². The van der Waals surface area contributed by atoms with Crippen molar-refractivity contribution in [3.05, 3.63) is 53.7 Å². The van der Waals surface area contributed by atoms with Gasteiger partial charge in [-0.1, -0.05) is 19.3 Å². The van der Waals surface area contributed by atoms with Gasteiger partial charge in [-0.25, -0.2) is 0 Å². The first-order valence-corrected chi connectivity index (χ1v) is 10.1. The second-order valence-corrected chi connectivity index (χ2v) is 8.13. The Balaban J connectivity index is 1.50. The van der Waals surface area contributed by atoms with E-state index in [9.17, 15) is 9.59 Å². The Morgan fingerprint density at radius 2 is 1.93 bits per heavy atom. The summed E-state index contributed by atoms with van der Waals surface area (Å²) in [5.74, 6) is 1.44. The Hall–Kier alpha value is -2.63. The lowest BCUT2D eigenvalue weighted by atomic mass is 9.67. The molecule has 1 spiro atoms. The molecule has 2 aromatic heterocycles. The molecule has 1 saturated carbocycles. The summed E-state index contributed by atoms with van der Waals surface area (Å²) >= 11 is 0. The molecule has 3 heterocycles. The van der Waals surface area contributed by atoms with Crippen LogP contribution in [0.2, 0.25) is 0 Å². The molecule has 28 heavy (non-hydrogen) atoms. The average molecular weight is 381 g/mol. The van der Waals surface area contributed by atoms with E-state index in [4.69, 9.17) is 4.42 Å². The van der Waals surface area contributed by atoms with Gasteiger partial charge in [-0.3, -0.25) is 14.6 Å². The van der Waals surface area contributed by atoms with E-state index in [-0.39, 0.29) is 23.1 Å². The van der Waals surface area contributed by atoms with E-state index in [1.807, 2.05) is 24.0 Å². The van der Waals surface area contributed by atoms with Gasteiger partial charge in [0.2, 0.25) is 5.91 Å². The fourth-order valence-corrected chi connectivity index (χ4v) is 4.80. The van der Waals surface area contributed by atoms with Crippen molar-refractivity contribution in [3.63, 3.8) is 0 Å². The third-order valence-electron chi connectivity index (χ3n) is 6.26. The van der Waals surface area contributed by atoms with Crippen molar-refractivity contribution < 1.29 is 14.0 Å². The number of nitrogens with one attached hydrogen (secondary N) is 1. The normalized spacial score (nSPS) is 21.0. The van der Waals surface area contributed by atoms with Gasteiger partial charge < -0.3 is 14.6 Å². The smallest absolute Gasteiger partial charge is 0.254 e. The summed E-state index contributed by atoms with van der Waals surface area (Å²) in [6.07, 6.45) is 8.73. The number of carbonyl (C=O) groups is 2.